The lowest BCUT2D eigenvalue weighted by atomic mass is 10.1. The molecule has 1 aromatic carbocycles. The number of carbonyl (C=O) groups is 1. The molecule has 0 radical (unpaired) electrons. The summed E-state index contributed by atoms with van der Waals surface area (Å²) in [6.07, 6.45) is 2.84. The van der Waals surface area contributed by atoms with Gasteiger partial charge in [0.1, 0.15) is 0 Å². The molecule has 0 bridgehead atoms. The van der Waals surface area contributed by atoms with Crippen molar-refractivity contribution in [3.8, 4) is 0 Å². The van der Waals surface area contributed by atoms with E-state index in [-0.39, 0.29) is 0 Å². The molecule has 4 nitrogen and oxygen atoms in total. The molecule has 1 heterocycles. The van der Waals surface area contributed by atoms with E-state index in [1.54, 1.807) is 19.2 Å². The van der Waals surface area contributed by atoms with Gasteiger partial charge in [0.15, 0.2) is 0 Å². The van der Waals surface area contributed by atoms with Gasteiger partial charge < -0.3 is 14.4 Å². The number of nitrogens with zero attached hydrogens (tertiary/aromatic N) is 1. The molecule has 0 saturated heterocycles. The van der Waals surface area contributed by atoms with Crippen LogP contribution < -0.4 is 0 Å². The molecule has 0 saturated carbocycles. The number of hydrogen-bond acceptors (Lipinski definition) is 2. The lowest BCUT2D eigenvalue weighted by Crippen LogP contribution is -2.01. The first-order valence-electron chi connectivity index (χ1n) is 5.54. The molecule has 0 fully saturated rings. The molecular formula is C13H15NO3. The number of rotatable bonds is 5. The molecule has 2 aromatic rings. The van der Waals surface area contributed by atoms with Gasteiger partial charge in [0, 0.05) is 37.4 Å². The second-order valence-corrected chi connectivity index (χ2v) is 3.90. The number of hydrogen-bond donors (Lipinski definition) is 1. The van der Waals surface area contributed by atoms with E-state index >= 15 is 0 Å². The maximum atomic E-state index is 11.1. The maximum absolute atomic E-state index is 11.1. The van der Waals surface area contributed by atoms with E-state index in [0.717, 1.165) is 23.9 Å². The van der Waals surface area contributed by atoms with Gasteiger partial charge in [-0.3, -0.25) is 0 Å². The van der Waals surface area contributed by atoms with Crippen LogP contribution in [0.3, 0.4) is 0 Å². The van der Waals surface area contributed by atoms with E-state index in [2.05, 4.69) is 4.57 Å². The van der Waals surface area contributed by atoms with E-state index in [1.807, 2.05) is 18.3 Å². The average Bonchev–Trinajstić information content (AvgIpc) is 2.72. The van der Waals surface area contributed by atoms with Crippen LogP contribution in [0.2, 0.25) is 0 Å². The second-order valence-electron chi connectivity index (χ2n) is 3.90. The van der Waals surface area contributed by atoms with Crippen molar-refractivity contribution in [1.29, 1.82) is 0 Å². The first-order valence-corrected chi connectivity index (χ1v) is 5.54. The molecule has 1 N–H and O–H groups in total. The minimum atomic E-state index is -0.884. The topological polar surface area (TPSA) is 51.5 Å². The van der Waals surface area contributed by atoms with Crippen LogP contribution in [-0.4, -0.2) is 29.4 Å². The molecule has 90 valence electrons. The fraction of sp³-hybridized carbons (Fsp3) is 0.308. The summed E-state index contributed by atoms with van der Waals surface area (Å²) in [7, 11) is 1.68. The van der Waals surface area contributed by atoms with Crippen LogP contribution in [0.15, 0.2) is 30.5 Å². The number of aromatic carboxylic acids is 1. The molecular weight excluding hydrogens is 218 g/mol. The zero-order valence-corrected chi connectivity index (χ0v) is 9.72. The average molecular weight is 233 g/mol. The monoisotopic (exact) mass is 233 g/mol. The van der Waals surface area contributed by atoms with Crippen LogP contribution in [-0.2, 0) is 11.3 Å². The number of fused-ring (bicyclic) bond motifs is 1. The minimum absolute atomic E-state index is 0.355. The number of carboxylic acids is 1. The largest absolute Gasteiger partial charge is 0.478 e. The fourth-order valence-electron chi connectivity index (χ4n) is 1.98. The van der Waals surface area contributed by atoms with Crippen molar-refractivity contribution in [2.75, 3.05) is 13.7 Å². The first-order chi connectivity index (χ1) is 8.24. The van der Waals surface area contributed by atoms with Gasteiger partial charge in [-0.25, -0.2) is 4.79 Å². The Morgan fingerprint density at radius 3 is 2.94 bits per heavy atom. The van der Waals surface area contributed by atoms with Gasteiger partial charge >= 0.3 is 5.97 Å². The SMILES string of the molecule is COCCCn1ccc2c(C(=O)O)cccc21. The summed E-state index contributed by atoms with van der Waals surface area (Å²) in [6, 6.07) is 7.20. The smallest absolute Gasteiger partial charge is 0.336 e. The normalized spacial score (nSPS) is 10.9. The standard InChI is InChI=1S/C13H15NO3/c1-17-9-3-7-14-8-6-10-11(13(15)16)4-2-5-12(10)14/h2,4-6,8H,3,7,9H2,1H3,(H,15,16). The summed E-state index contributed by atoms with van der Waals surface area (Å²) in [6.45, 7) is 1.54. The van der Waals surface area contributed by atoms with Crippen LogP contribution in [0.4, 0.5) is 0 Å². The Bertz CT molecular complexity index is 530. The quantitative estimate of drug-likeness (QED) is 0.807. The molecule has 0 aliphatic heterocycles. The second kappa shape index (κ2) is 5.01. The van der Waals surface area contributed by atoms with Crippen molar-refractivity contribution in [2.24, 2.45) is 0 Å². The van der Waals surface area contributed by atoms with Crippen molar-refractivity contribution < 1.29 is 14.6 Å². The Hall–Kier alpha value is -1.81. The highest BCUT2D eigenvalue weighted by Crippen LogP contribution is 2.20. The highest BCUT2D eigenvalue weighted by atomic mass is 16.5. The first kappa shape index (κ1) is 11.7. The third kappa shape index (κ3) is 2.31. The summed E-state index contributed by atoms with van der Waals surface area (Å²) in [5.74, 6) is -0.884. The summed E-state index contributed by atoms with van der Waals surface area (Å²) in [4.78, 5) is 11.1. The molecule has 1 aromatic heterocycles. The van der Waals surface area contributed by atoms with Crippen LogP contribution in [0, 0.1) is 0 Å². The van der Waals surface area contributed by atoms with E-state index in [4.69, 9.17) is 9.84 Å². The van der Waals surface area contributed by atoms with Gasteiger partial charge in [-0.2, -0.15) is 0 Å². The molecule has 17 heavy (non-hydrogen) atoms. The van der Waals surface area contributed by atoms with Crippen LogP contribution >= 0.6 is 0 Å². The van der Waals surface area contributed by atoms with E-state index in [9.17, 15) is 4.79 Å². The molecule has 2 rings (SSSR count). The van der Waals surface area contributed by atoms with Crippen molar-refractivity contribution in [3.63, 3.8) is 0 Å². The minimum Gasteiger partial charge on any atom is -0.478 e. The van der Waals surface area contributed by atoms with Crippen molar-refractivity contribution in [1.82, 2.24) is 4.57 Å². The molecule has 0 spiro atoms. The summed E-state index contributed by atoms with van der Waals surface area (Å²) < 4.78 is 7.06. The van der Waals surface area contributed by atoms with E-state index in [1.165, 1.54) is 0 Å². The van der Waals surface area contributed by atoms with Gasteiger partial charge in [0.25, 0.3) is 0 Å². The van der Waals surface area contributed by atoms with Gasteiger partial charge in [0.05, 0.1) is 5.56 Å². The summed E-state index contributed by atoms with van der Waals surface area (Å²) in [5, 5.41) is 9.87. The maximum Gasteiger partial charge on any atom is 0.336 e. The number of carboxylic acid groups (broad SMARTS) is 1. The van der Waals surface area contributed by atoms with Gasteiger partial charge in [0.2, 0.25) is 0 Å². The van der Waals surface area contributed by atoms with E-state index in [0.29, 0.717) is 12.2 Å². The van der Waals surface area contributed by atoms with Crippen molar-refractivity contribution >= 4 is 16.9 Å². The molecule has 0 aliphatic carbocycles. The Morgan fingerprint density at radius 1 is 1.41 bits per heavy atom. The highest BCUT2D eigenvalue weighted by molar-refractivity contribution is 6.02. The Kier molecular flexibility index (Phi) is 3.44. The third-order valence-electron chi connectivity index (χ3n) is 2.79. The zero-order valence-electron chi connectivity index (χ0n) is 9.72. The molecule has 0 amide bonds. The lowest BCUT2D eigenvalue weighted by Gasteiger charge is -2.05. The Balaban J connectivity index is 2.34. The third-order valence-corrected chi connectivity index (χ3v) is 2.79. The fourth-order valence-corrected chi connectivity index (χ4v) is 1.98. The molecule has 0 atom stereocenters. The predicted molar refractivity (Wildman–Crippen MR) is 65.4 cm³/mol. The van der Waals surface area contributed by atoms with Crippen LogP contribution in [0.1, 0.15) is 16.8 Å². The van der Waals surface area contributed by atoms with Crippen LogP contribution in [0.5, 0.6) is 0 Å². The Morgan fingerprint density at radius 2 is 2.24 bits per heavy atom. The van der Waals surface area contributed by atoms with Gasteiger partial charge in [-0.1, -0.05) is 6.07 Å². The number of aromatic nitrogens is 1. The number of aryl methyl sites for hydroxylation is 1. The van der Waals surface area contributed by atoms with E-state index < -0.39 is 5.97 Å². The zero-order chi connectivity index (χ0) is 12.3. The van der Waals surface area contributed by atoms with Crippen molar-refractivity contribution in [3.05, 3.63) is 36.0 Å². The predicted octanol–water partition coefficient (Wildman–Crippen LogP) is 2.38. The summed E-state index contributed by atoms with van der Waals surface area (Å²) in [5.41, 5.74) is 1.31. The number of ether oxygens (including phenoxy) is 1. The van der Waals surface area contributed by atoms with Crippen molar-refractivity contribution in [2.45, 2.75) is 13.0 Å². The molecule has 0 aliphatic rings. The summed E-state index contributed by atoms with van der Waals surface area (Å²) >= 11 is 0. The Labute approximate surface area is 99.4 Å². The van der Waals surface area contributed by atoms with Gasteiger partial charge in [-0.05, 0) is 24.6 Å². The van der Waals surface area contributed by atoms with Gasteiger partial charge in [-0.15, -0.1) is 0 Å². The number of benzene rings is 1. The lowest BCUT2D eigenvalue weighted by molar-refractivity contribution is 0.0699. The van der Waals surface area contributed by atoms with Crippen LogP contribution in [0.25, 0.3) is 10.9 Å². The molecule has 0 unspecified atom stereocenters. The number of methoxy groups -OCH3 is 1. The highest BCUT2D eigenvalue weighted by Gasteiger charge is 2.10. The molecule has 4 heteroatoms.